The fourth-order valence-electron chi connectivity index (χ4n) is 3.53. The lowest BCUT2D eigenvalue weighted by molar-refractivity contribution is 0.102. The summed E-state index contributed by atoms with van der Waals surface area (Å²) in [7, 11) is 3.32. The first-order valence-corrected chi connectivity index (χ1v) is 10.3. The number of carbonyl (C=O) groups excluding carboxylic acids is 1. The number of anilines is 1. The van der Waals surface area contributed by atoms with E-state index in [1.54, 1.807) is 50.0 Å². The fraction of sp³-hybridized carbons (Fsp3) is 0.167. The van der Waals surface area contributed by atoms with E-state index in [-0.39, 0.29) is 16.9 Å². The largest absolute Gasteiger partial charge is 0.497 e. The number of hydrogen-bond acceptors (Lipinski definition) is 5. The van der Waals surface area contributed by atoms with Crippen LogP contribution < -0.4 is 21.2 Å². The monoisotopic (exact) mass is 445 g/mol. The number of para-hydroxylation sites is 1. The number of nitrogens with one attached hydrogen (secondary N) is 2. The molecule has 2 aromatic carbocycles. The molecule has 2 heterocycles. The predicted octanol–water partition coefficient (Wildman–Crippen LogP) is 2.42. The molecule has 0 unspecified atom stereocenters. The third-order valence-electron chi connectivity index (χ3n) is 5.35. The highest BCUT2D eigenvalue weighted by atomic mass is 16.5. The molecule has 0 saturated carbocycles. The molecule has 0 spiro atoms. The number of aromatic nitrogens is 4. The maximum Gasteiger partial charge on any atom is 0.295 e. The number of benzene rings is 2. The first-order valence-electron chi connectivity index (χ1n) is 10.3. The number of H-pyrrole nitrogens is 1. The van der Waals surface area contributed by atoms with Crippen molar-refractivity contribution in [1.82, 2.24) is 19.3 Å². The summed E-state index contributed by atoms with van der Waals surface area (Å²) in [6.07, 6.45) is 0.325. The van der Waals surface area contributed by atoms with Gasteiger partial charge in [-0.05, 0) is 36.8 Å². The van der Waals surface area contributed by atoms with Crippen molar-refractivity contribution < 1.29 is 9.53 Å². The van der Waals surface area contributed by atoms with E-state index < -0.39 is 11.5 Å². The Morgan fingerprint density at radius 1 is 1.09 bits per heavy atom. The SMILES string of the molecule is COc1ccc(Cc2nc(C(=O)Nc3c(C)n(C)n(-c4ccccc4)c3=O)cc(=O)[nH]2)cc1. The minimum Gasteiger partial charge on any atom is -0.497 e. The Morgan fingerprint density at radius 3 is 2.45 bits per heavy atom. The Labute approximate surface area is 189 Å². The molecule has 4 aromatic rings. The van der Waals surface area contributed by atoms with Crippen LogP contribution in [0.25, 0.3) is 5.69 Å². The molecule has 1 amide bonds. The highest BCUT2D eigenvalue weighted by Gasteiger charge is 2.20. The van der Waals surface area contributed by atoms with Crippen molar-refractivity contribution in [2.75, 3.05) is 12.4 Å². The van der Waals surface area contributed by atoms with Crippen LogP contribution in [0.15, 0.2) is 70.3 Å². The van der Waals surface area contributed by atoms with Gasteiger partial charge in [-0.3, -0.25) is 19.1 Å². The van der Waals surface area contributed by atoms with Crippen molar-refractivity contribution in [2.24, 2.45) is 7.05 Å². The van der Waals surface area contributed by atoms with Gasteiger partial charge in [-0.15, -0.1) is 0 Å². The van der Waals surface area contributed by atoms with Gasteiger partial charge >= 0.3 is 0 Å². The Hall–Kier alpha value is -4.40. The Kier molecular flexibility index (Phi) is 5.95. The highest BCUT2D eigenvalue weighted by Crippen LogP contribution is 2.16. The minimum absolute atomic E-state index is 0.0730. The van der Waals surface area contributed by atoms with E-state index in [1.165, 1.54) is 4.68 Å². The van der Waals surface area contributed by atoms with Crippen LogP contribution in [0.3, 0.4) is 0 Å². The average molecular weight is 445 g/mol. The summed E-state index contributed by atoms with van der Waals surface area (Å²) in [5.41, 5.74) is 1.36. The second-order valence-corrected chi connectivity index (χ2v) is 7.49. The van der Waals surface area contributed by atoms with Crippen LogP contribution in [0.2, 0.25) is 0 Å². The van der Waals surface area contributed by atoms with Crippen molar-refractivity contribution in [2.45, 2.75) is 13.3 Å². The molecule has 0 aliphatic heterocycles. The zero-order valence-electron chi connectivity index (χ0n) is 18.5. The van der Waals surface area contributed by atoms with E-state index in [9.17, 15) is 14.4 Å². The smallest absolute Gasteiger partial charge is 0.295 e. The van der Waals surface area contributed by atoms with Gasteiger partial charge in [0.2, 0.25) is 0 Å². The molecular weight excluding hydrogens is 422 g/mol. The van der Waals surface area contributed by atoms with Gasteiger partial charge in [0.1, 0.15) is 23.0 Å². The van der Waals surface area contributed by atoms with Crippen LogP contribution in [0.5, 0.6) is 5.75 Å². The normalized spacial score (nSPS) is 10.8. The van der Waals surface area contributed by atoms with E-state index in [1.807, 2.05) is 30.3 Å². The molecule has 0 radical (unpaired) electrons. The molecule has 0 aliphatic carbocycles. The highest BCUT2D eigenvalue weighted by molar-refractivity contribution is 6.03. The summed E-state index contributed by atoms with van der Waals surface area (Å²) in [5, 5.41) is 2.63. The number of rotatable bonds is 6. The average Bonchev–Trinajstić information content (AvgIpc) is 3.02. The van der Waals surface area contributed by atoms with Gasteiger partial charge in [0, 0.05) is 19.5 Å². The fourth-order valence-corrected chi connectivity index (χ4v) is 3.53. The van der Waals surface area contributed by atoms with Crippen molar-refractivity contribution in [3.8, 4) is 11.4 Å². The molecular formula is C24H23N5O4. The molecule has 9 nitrogen and oxygen atoms in total. The second kappa shape index (κ2) is 8.99. The van der Waals surface area contributed by atoms with Crippen LogP contribution in [0.4, 0.5) is 5.69 Å². The van der Waals surface area contributed by atoms with Crippen LogP contribution in [0.1, 0.15) is 27.6 Å². The first kappa shape index (κ1) is 21.8. The maximum absolute atomic E-state index is 13.0. The third kappa shape index (κ3) is 4.47. The molecule has 0 fully saturated rings. The molecule has 2 aromatic heterocycles. The van der Waals surface area contributed by atoms with Crippen LogP contribution in [-0.2, 0) is 13.5 Å². The Balaban J connectivity index is 1.62. The summed E-state index contributed by atoms with van der Waals surface area (Å²) in [4.78, 5) is 45.1. The molecule has 0 atom stereocenters. The lowest BCUT2D eigenvalue weighted by atomic mass is 10.1. The van der Waals surface area contributed by atoms with Crippen LogP contribution >= 0.6 is 0 Å². The minimum atomic E-state index is -0.636. The Morgan fingerprint density at radius 2 is 1.79 bits per heavy atom. The number of hydrogen-bond donors (Lipinski definition) is 2. The topological polar surface area (TPSA) is 111 Å². The van der Waals surface area contributed by atoms with Gasteiger partial charge in [0.15, 0.2) is 0 Å². The standard InChI is InChI=1S/C24H23N5O4/c1-15-22(24(32)29(28(15)2)17-7-5-4-6-8-17)27-23(31)19-14-21(30)26-20(25-19)13-16-9-11-18(33-3)12-10-16/h4-12,14H,13H2,1-3H3,(H,27,31)(H,25,26,30). The number of amides is 1. The van der Waals surface area contributed by atoms with Gasteiger partial charge in [0.05, 0.1) is 18.5 Å². The molecule has 0 saturated heterocycles. The van der Waals surface area contributed by atoms with Crippen LogP contribution in [-0.4, -0.2) is 32.3 Å². The zero-order chi connectivity index (χ0) is 23.5. The van der Waals surface area contributed by atoms with Gasteiger partial charge < -0.3 is 15.0 Å². The number of carbonyl (C=O) groups is 1. The summed E-state index contributed by atoms with van der Waals surface area (Å²) in [5.74, 6) is 0.417. The lowest BCUT2D eigenvalue weighted by Gasteiger charge is -2.07. The number of nitrogens with zero attached hydrogens (tertiary/aromatic N) is 3. The van der Waals surface area contributed by atoms with E-state index in [0.717, 1.165) is 11.6 Å². The first-order chi connectivity index (χ1) is 15.9. The molecule has 9 heteroatoms. The van der Waals surface area contributed by atoms with Crippen LogP contribution in [0, 0.1) is 6.92 Å². The van der Waals surface area contributed by atoms with Gasteiger partial charge in [-0.1, -0.05) is 30.3 Å². The Bertz CT molecular complexity index is 1420. The van der Waals surface area contributed by atoms with Crippen molar-refractivity contribution in [1.29, 1.82) is 0 Å². The van der Waals surface area contributed by atoms with E-state index in [4.69, 9.17) is 4.74 Å². The van der Waals surface area contributed by atoms with Gasteiger partial charge in [-0.2, -0.15) is 0 Å². The molecule has 4 rings (SSSR count). The quantitative estimate of drug-likeness (QED) is 0.474. The summed E-state index contributed by atoms with van der Waals surface area (Å²) in [6.45, 7) is 1.73. The van der Waals surface area contributed by atoms with Crippen molar-refractivity contribution in [3.63, 3.8) is 0 Å². The molecule has 0 aliphatic rings. The van der Waals surface area contributed by atoms with E-state index in [0.29, 0.717) is 29.4 Å². The number of aromatic amines is 1. The summed E-state index contributed by atoms with van der Waals surface area (Å²) < 4.78 is 8.27. The predicted molar refractivity (Wildman–Crippen MR) is 124 cm³/mol. The van der Waals surface area contributed by atoms with Crippen molar-refractivity contribution >= 4 is 11.6 Å². The zero-order valence-corrected chi connectivity index (χ0v) is 18.5. The summed E-state index contributed by atoms with van der Waals surface area (Å²) >= 11 is 0. The van der Waals surface area contributed by atoms with Gasteiger partial charge in [0.25, 0.3) is 17.0 Å². The lowest BCUT2D eigenvalue weighted by Crippen LogP contribution is -2.25. The molecule has 0 bridgehead atoms. The van der Waals surface area contributed by atoms with E-state index in [2.05, 4.69) is 15.3 Å². The number of methoxy groups -OCH3 is 1. The van der Waals surface area contributed by atoms with E-state index >= 15 is 0 Å². The third-order valence-corrected chi connectivity index (χ3v) is 5.35. The second-order valence-electron chi connectivity index (χ2n) is 7.49. The number of ether oxygens (including phenoxy) is 1. The molecule has 168 valence electrons. The summed E-state index contributed by atoms with van der Waals surface area (Å²) in [6, 6.07) is 17.5. The van der Waals surface area contributed by atoms with Gasteiger partial charge in [-0.25, -0.2) is 9.67 Å². The maximum atomic E-state index is 13.0. The molecule has 33 heavy (non-hydrogen) atoms. The molecule has 2 N–H and O–H groups in total. The van der Waals surface area contributed by atoms with Crippen molar-refractivity contribution in [3.05, 3.63) is 104 Å².